The molecule has 0 aliphatic rings. The summed E-state index contributed by atoms with van der Waals surface area (Å²) >= 11 is 1.11. The van der Waals surface area contributed by atoms with Crippen LogP contribution in [0.15, 0.2) is 29.2 Å². The molecular weight excluding hydrogens is 350 g/mol. The Labute approximate surface area is 144 Å². The number of sulfonamides is 1. The third kappa shape index (κ3) is 4.08. The predicted molar refractivity (Wildman–Crippen MR) is 92.1 cm³/mol. The summed E-state index contributed by atoms with van der Waals surface area (Å²) in [6.07, 6.45) is 0. The van der Waals surface area contributed by atoms with Crippen LogP contribution in [0.3, 0.4) is 0 Å². The number of benzene rings is 1. The first-order valence-corrected chi connectivity index (χ1v) is 9.51. The van der Waals surface area contributed by atoms with Crippen LogP contribution in [0.25, 0.3) is 0 Å². The molecule has 0 aliphatic heterocycles. The minimum absolute atomic E-state index is 0.0159. The molecule has 0 saturated carbocycles. The molecule has 0 radical (unpaired) electrons. The normalized spacial score (nSPS) is 12.8. The van der Waals surface area contributed by atoms with Gasteiger partial charge in [-0.1, -0.05) is 17.4 Å². The quantitative estimate of drug-likeness (QED) is 0.791. The van der Waals surface area contributed by atoms with Crippen molar-refractivity contribution in [2.75, 3.05) is 19.3 Å². The highest BCUT2D eigenvalue weighted by Crippen LogP contribution is 2.21. The predicted octanol–water partition coefficient (Wildman–Crippen LogP) is 1.25. The largest absolute Gasteiger partial charge is 0.374 e. The van der Waals surface area contributed by atoms with Crippen LogP contribution in [-0.4, -0.2) is 43.0 Å². The third-order valence-corrected chi connectivity index (χ3v) is 5.84. The summed E-state index contributed by atoms with van der Waals surface area (Å²) in [7, 11) is -2.15. The van der Waals surface area contributed by atoms with E-state index in [1.807, 2.05) is 6.92 Å². The van der Waals surface area contributed by atoms with Gasteiger partial charge in [0.1, 0.15) is 5.01 Å². The molecule has 2 aromatic rings. The van der Waals surface area contributed by atoms with Gasteiger partial charge in [-0.2, -0.15) is 0 Å². The Bertz CT molecular complexity index is 834. The monoisotopic (exact) mass is 369 g/mol. The molecule has 1 unspecified atom stereocenters. The number of amides is 1. The van der Waals surface area contributed by atoms with Crippen molar-refractivity contribution in [3.63, 3.8) is 0 Å². The number of nitrogens with one attached hydrogen (secondary N) is 1. The zero-order chi connectivity index (χ0) is 17.9. The van der Waals surface area contributed by atoms with Gasteiger partial charge in [0.2, 0.25) is 15.2 Å². The lowest BCUT2D eigenvalue weighted by Crippen LogP contribution is -2.28. The number of carbonyl (C=O) groups excluding carboxylic acids is 1. The lowest BCUT2D eigenvalue weighted by atomic mass is 10.2. The second-order valence-electron chi connectivity index (χ2n) is 5.17. The van der Waals surface area contributed by atoms with E-state index in [9.17, 15) is 13.2 Å². The van der Waals surface area contributed by atoms with Crippen LogP contribution in [0.1, 0.15) is 35.3 Å². The van der Waals surface area contributed by atoms with E-state index in [0.29, 0.717) is 17.1 Å². The van der Waals surface area contributed by atoms with Crippen molar-refractivity contribution >= 4 is 32.4 Å². The fraction of sp³-hybridized carbons (Fsp3) is 0.357. The molecule has 0 fully saturated rings. The fourth-order valence-electron chi connectivity index (χ4n) is 1.93. The van der Waals surface area contributed by atoms with Gasteiger partial charge in [0, 0.05) is 19.2 Å². The van der Waals surface area contributed by atoms with E-state index in [1.54, 1.807) is 26.1 Å². The van der Waals surface area contributed by atoms with Gasteiger partial charge < -0.3 is 10.6 Å². The molecule has 10 heteroatoms. The summed E-state index contributed by atoms with van der Waals surface area (Å²) in [6, 6.07) is 5.34. The number of hydrogen-bond donors (Lipinski definition) is 2. The molecule has 1 heterocycles. The van der Waals surface area contributed by atoms with Gasteiger partial charge in [-0.05, 0) is 32.0 Å². The van der Waals surface area contributed by atoms with Gasteiger partial charge >= 0.3 is 0 Å². The first-order valence-electron chi connectivity index (χ1n) is 7.21. The maximum absolute atomic E-state index is 12.5. The van der Waals surface area contributed by atoms with Gasteiger partial charge in [0.05, 0.1) is 10.9 Å². The number of nitrogens with two attached hydrogens (primary N) is 1. The van der Waals surface area contributed by atoms with Crippen molar-refractivity contribution in [2.24, 2.45) is 0 Å². The lowest BCUT2D eigenvalue weighted by molar-refractivity contribution is 0.0802. The number of nitrogens with zero attached hydrogens (tertiary/aromatic N) is 3. The molecule has 1 atom stereocenters. The van der Waals surface area contributed by atoms with Gasteiger partial charge in [0.15, 0.2) is 0 Å². The number of rotatable bonds is 6. The standard InChI is InChI=1S/C14H19N5O3S2/c1-4-19(3)13(20)10-6-5-7-11(8-10)24(21,22)18-9(2)12-16-17-14(15)23-12/h5-9,18H,4H2,1-3H3,(H2,15,17). The Morgan fingerprint density at radius 2 is 2.12 bits per heavy atom. The van der Waals surface area contributed by atoms with Crippen LogP contribution in [0, 0.1) is 0 Å². The van der Waals surface area contributed by atoms with Gasteiger partial charge in [-0.3, -0.25) is 4.79 Å². The van der Waals surface area contributed by atoms with Crippen LogP contribution in [0.4, 0.5) is 5.13 Å². The van der Waals surface area contributed by atoms with E-state index in [-0.39, 0.29) is 15.9 Å². The first kappa shape index (κ1) is 18.3. The average molecular weight is 369 g/mol. The molecule has 0 saturated heterocycles. The Hall–Kier alpha value is -2.04. The van der Waals surface area contributed by atoms with Crippen molar-refractivity contribution in [1.29, 1.82) is 0 Å². The Morgan fingerprint density at radius 1 is 1.42 bits per heavy atom. The van der Waals surface area contributed by atoms with E-state index in [1.165, 1.54) is 17.0 Å². The molecule has 2 rings (SSSR count). The Balaban J connectivity index is 2.24. The zero-order valence-electron chi connectivity index (χ0n) is 13.6. The van der Waals surface area contributed by atoms with Crippen molar-refractivity contribution in [3.8, 4) is 0 Å². The molecule has 0 aliphatic carbocycles. The van der Waals surface area contributed by atoms with Crippen LogP contribution in [0.2, 0.25) is 0 Å². The topological polar surface area (TPSA) is 118 Å². The Morgan fingerprint density at radius 3 is 2.71 bits per heavy atom. The molecule has 1 aromatic carbocycles. The molecule has 1 amide bonds. The van der Waals surface area contributed by atoms with E-state index in [4.69, 9.17) is 5.73 Å². The smallest absolute Gasteiger partial charge is 0.253 e. The maximum atomic E-state index is 12.5. The number of hydrogen-bond acceptors (Lipinski definition) is 7. The maximum Gasteiger partial charge on any atom is 0.253 e. The molecule has 0 spiro atoms. The molecule has 24 heavy (non-hydrogen) atoms. The van der Waals surface area contributed by atoms with Gasteiger partial charge in [-0.25, -0.2) is 13.1 Å². The van der Waals surface area contributed by atoms with Crippen molar-refractivity contribution in [2.45, 2.75) is 24.8 Å². The minimum Gasteiger partial charge on any atom is -0.374 e. The summed E-state index contributed by atoms with van der Waals surface area (Å²) in [5.74, 6) is -0.237. The summed E-state index contributed by atoms with van der Waals surface area (Å²) in [6.45, 7) is 4.02. The first-order chi connectivity index (χ1) is 11.2. The summed E-state index contributed by atoms with van der Waals surface area (Å²) in [5.41, 5.74) is 5.83. The zero-order valence-corrected chi connectivity index (χ0v) is 15.2. The van der Waals surface area contributed by atoms with Crippen LogP contribution >= 0.6 is 11.3 Å². The second-order valence-corrected chi connectivity index (χ2v) is 7.92. The second kappa shape index (κ2) is 7.24. The van der Waals surface area contributed by atoms with E-state index < -0.39 is 16.1 Å². The number of nitrogen functional groups attached to an aromatic ring is 1. The summed E-state index contributed by atoms with van der Waals surface area (Å²) < 4.78 is 27.6. The molecular formula is C14H19N5O3S2. The molecule has 0 bridgehead atoms. The van der Waals surface area contributed by atoms with E-state index >= 15 is 0 Å². The lowest BCUT2D eigenvalue weighted by Gasteiger charge is -2.16. The van der Waals surface area contributed by atoms with Crippen LogP contribution in [0.5, 0.6) is 0 Å². The number of carbonyl (C=O) groups is 1. The number of aromatic nitrogens is 2. The molecule has 8 nitrogen and oxygen atoms in total. The minimum atomic E-state index is -3.81. The van der Waals surface area contributed by atoms with Crippen LogP contribution < -0.4 is 10.5 Å². The van der Waals surface area contributed by atoms with Crippen molar-refractivity contribution in [3.05, 3.63) is 34.8 Å². The SMILES string of the molecule is CCN(C)C(=O)c1cccc(S(=O)(=O)NC(C)c2nnc(N)s2)c1. The summed E-state index contributed by atoms with van der Waals surface area (Å²) in [4.78, 5) is 13.7. The van der Waals surface area contributed by atoms with Crippen molar-refractivity contribution < 1.29 is 13.2 Å². The van der Waals surface area contributed by atoms with Crippen molar-refractivity contribution in [1.82, 2.24) is 19.8 Å². The average Bonchev–Trinajstić information content (AvgIpc) is 3.00. The molecule has 3 N–H and O–H groups in total. The molecule has 1 aromatic heterocycles. The highest BCUT2D eigenvalue weighted by atomic mass is 32.2. The van der Waals surface area contributed by atoms with Gasteiger partial charge in [-0.15, -0.1) is 10.2 Å². The Kier molecular flexibility index (Phi) is 5.52. The summed E-state index contributed by atoms with van der Waals surface area (Å²) in [5, 5.41) is 8.23. The third-order valence-electron chi connectivity index (χ3n) is 3.37. The number of anilines is 1. The fourth-order valence-corrected chi connectivity index (χ4v) is 3.87. The highest BCUT2D eigenvalue weighted by Gasteiger charge is 2.22. The molecule has 130 valence electrons. The van der Waals surface area contributed by atoms with E-state index in [0.717, 1.165) is 11.3 Å². The van der Waals surface area contributed by atoms with Gasteiger partial charge in [0.25, 0.3) is 5.91 Å². The van der Waals surface area contributed by atoms with E-state index in [2.05, 4.69) is 14.9 Å². The highest BCUT2D eigenvalue weighted by molar-refractivity contribution is 7.89. The van der Waals surface area contributed by atoms with Crippen LogP contribution in [-0.2, 0) is 10.0 Å².